The number of fused-ring (bicyclic) bond motifs is 1. The number of hydrogen-bond acceptors (Lipinski definition) is 5. The Morgan fingerprint density at radius 1 is 1.27 bits per heavy atom. The molecule has 2 aromatic heterocycles. The van der Waals surface area contributed by atoms with Gasteiger partial charge >= 0.3 is 11.9 Å². The van der Waals surface area contributed by atoms with Crippen molar-refractivity contribution >= 4 is 22.7 Å². The minimum Gasteiger partial charge on any atom is -0.408 e. The van der Waals surface area contributed by atoms with Gasteiger partial charge in [-0.3, -0.25) is 4.57 Å². The number of hydrogen-bond donors (Lipinski definition) is 1. The van der Waals surface area contributed by atoms with Gasteiger partial charge in [-0.15, -0.1) is 0 Å². The second-order valence-electron chi connectivity index (χ2n) is 4.50. The van der Waals surface area contributed by atoms with E-state index in [1.54, 1.807) is 19.2 Å². The van der Waals surface area contributed by atoms with Crippen molar-refractivity contribution in [2.24, 2.45) is 7.05 Å². The summed E-state index contributed by atoms with van der Waals surface area (Å²) in [4.78, 5) is 18.5. The summed E-state index contributed by atoms with van der Waals surface area (Å²) >= 11 is 0. The maximum atomic E-state index is 12.6. The van der Waals surface area contributed by atoms with Crippen LogP contribution in [0.2, 0.25) is 0 Å². The smallest absolute Gasteiger partial charge is 0.408 e. The molecule has 0 aliphatic rings. The van der Waals surface area contributed by atoms with Crippen LogP contribution in [0.1, 0.15) is 5.69 Å². The molecule has 2 heterocycles. The zero-order valence-corrected chi connectivity index (χ0v) is 11.2. The summed E-state index contributed by atoms with van der Waals surface area (Å²) in [5.74, 6) is -0.727. The van der Waals surface area contributed by atoms with Gasteiger partial charge in [0.1, 0.15) is 5.69 Å². The van der Waals surface area contributed by atoms with Crippen LogP contribution in [-0.4, -0.2) is 14.5 Å². The molecule has 0 atom stereocenters. The van der Waals surface area contributed by atoms with Crippen LogP contribution in [0.15, 0.2) is 39.7 Å². The van der Waals surface area contributed by atoms with E-state index in [-0.39, 0.29) is 5.95 Å². The molecule has 0 amide bonds. The minimum atomic E-state index is -4.55. The highest BCUT2D eigenvalue weighted by atomic mass is 19.4. The van der Waals surface area contributed by atoms with Gasteiger partial charge in [0.25, 0.3) is 0 Å². The third-order valence-electron chi connectivity index (χ3n) is 2.99. The number of nitrogens with zero attached hydrogens (tertiary/aromatic N) is 3. The summed E-state index contributed by atoms with van der Waals surface area (Å²) in [6.45, 7) is 0. The first-order chi connectivity index (χ1) is 10.3. The normalized spacial score (nSPS) is 11.8. The first kappa shape index (κ1) is 14.1. The molecule has 22 heavy (non-hydrogen) atoms. The number of halogens is 3. The highest BCUT2D eigenvalue weighted by Crippen LogP contribution is 2.28. The molecular weight excluding hydrogens is 301 g/mol. The second kappa shape index (κ2) is 4.86. The summed E-state index contributed by atoms with van der Waals surface area (Å²) in [6, 6.07) is 5.46. The van der Waals surface area contributed by atoms with Gasteiger partial charge in [0, 0.05) is 25.0 Å². The summed E-state index contributed by atoms with van der Waals surface area (Å²) in [6.07, 6.45) is -3.53. The maximum Gasteiger partial charge on any atom is 0.433 e. The molecule has 0 aliphatic heterocycles. The van der Waals surface area contributed by atoms with Crippen LogP contribution in [0.4, 0.5) is 24.8 Å². The number of alkyl halides is 3. The fourth-order valence-corrected chi connectivity index (χ4v) is 1.92. The number of rotatable bonds is 2. The van der Waals surface area contributed by atoms with Gasteiger partial charge < -0.3 is 9.73 Å². The van der Waals surface area contributed by atoms with E-state index < -0.39 is 17.6 Å². The Balaban J connectivity index is 1.95. The van der Waals surface area contributed by atoms with Gasteiger partial charge in [-0.05, 0) is 18.2 Å². The molecule has 0 aliphatic carbocycles. The van der Waals surface area contributed by atoms with E-state index in [1.165, 1.54) is 10.6 Å². The highest BCUT2D eigenvalue weighted by molar-refractivity contribution is 5.78. The van der Waals surface area contributed by atoms with E-state index in [9.17, 15) is 18.0 Å². The Labute approximate surface area is 121 Å². The van der Waals surface area contributed by atoms with E-state index in [2.05, 4.69) is 15.3 Å². The van der Waals surface area contributed by atoms with Crippen molar-refractivity contribution in [1.29, 1.82) is 0 Å². The Hall–Kier alpha value is -2.84. The zero-order valence-electron chi connectivity index (χ0n) is 11.2. The quantitative estimate of drug-likeness (QED) is 0.788. The van der Waals surface area contributed by atoms with Crippen LogP contribution in [0, 0.1) is 0 Å². The summed E-state index contributed by atoms with van der Waals surface area (Å²) in [5.41, 5.74) is 0.239. The topological polar surface area (TPSA) is 73.0 Å². The van der Waals surface area contributed by atoms with Crippen molar-refractivity contribution in [2.45, 2.75) is 6.18 Å². The fraction of sp³-hybridized carbons (Fsp3) is 0.154. The fourth-order valence-electron chi connectivity index (χ4n) is 1.92. The van der Waals surface area contributed by atoms with Crippen LogP contribution in [-0.2, 0) is 13.2 Å². The van der Waals surface area contributed by atoms with Crippen molar-refractivity contribution in [3.63, 3.8) is 0 Å². The predicted molar refractivity (Wildman–Crippen MR) is 71.8 cm³/mol. The molecule has 0 saturated heterocycles. The molecule has 3 aromatic rings. The lowest BCUT2D eigenvalue weighted by Gasteiger charge is -2.08. The Morgan fingerprint density at radius 3 is 2.77 bits per heavy atom. The molecule has 3 rings (SSSR count). The van der Waals surface area contributed by atoms with E-state index in [0.29, 0.717) is 16.8 Å². The van der Waals surface area contributed by atoms with Gasteiger partial charge in [-0.2, -0.15) is 13.2 Å². The number of aryl methyl sites for hydroxylation is 1. The Kier molecular flexibility index (Phi) is 3.12. The Morgan fingerprint density at radius 2 is 2.05 bits per heavy atom. The number of benzene rings is 1. The van der Waals surface area contributed by atoms with Crippen LogP contribution in [0.5, 0.6) is 0 Å². The largest absolute Gasteiger partial charge is 0.433 e. The van der Waals surface area contributed by atoms with Crippen molar-refractivity contribution in [1.82, 2.24) is 14.5 Å². The summed E-state index contributed by atoms with van der Waals surface area (Å²) in [5, 5.41) is 2.64. The molecule has 0 spiro atoms. The van der Waals surface area contributed by atoms with Crippen molar-refractivity contribution in [2.75, 3.05) is 5.32 Å². The molecule has 0 unspecified atom stereocenters. The molecule has 0 saturated carbocycles. The number of nitrogens with one attached hydrogen (secondary N) is 1. The monoisotopic (exact) mass is 310 g/mol. The molecule has 1 aromatic carbocycles. The standard InChI is InChI=1S/C13H9F3N4O2/c1-20-8-3-2-7(6-9(8)22-12(20)21)18-11-17-5-4-10(19-11)13(14,15)16/h2-6H,1H3,(H,17,18,19). The molecule has 0 fully saturated rings. The van der Waals surface area contributed by atoms with Gasteiger partial charge in [0.15, 0.2) is 5.58 Å². The average molecular weight is 310 g/mol. The van der Waals surface area contributed by atoms with Crippen LogP contribution in [0.25, 0.3) is 11.1 Å². The van der Waals surface area contributed by atoms with Crippen LogP contribution < -0.4 is 11.1 Å². The van der Waals surface area contributed by atoms with Crippen molar-refractivity contribution in [3.05, 3.63) is 46.7 Å². The molecule has 1 N–H and O–H groups in total. The first-order valence-electron chi connectivity index (χ1n) is 6.11. The predicted octanol–water partition coefficient (Wildman–Crippen LogP) is 2.68. The van der Waals surface area contributed by atoms with Gasteiger partial charge in [-0.1, -0.05) is 0 Å². The summed E-state index contributed by atoms with van der Waals surface area (Å²) < 4.78 is 44.1. The number of oxazole rings is 1. The molecule has 6 nitrogen and oxygen atoms in total. The number of aromatic nitrogens is 3. The lowest BCUT2D eigenvalue weighted by atomic mass is 10.3. The third kappa shape index (κ3) is 2.52. The van der Waals surface area contributed by atoms with Crippen LogP contribution >= 0.6 is 0 Å². The van der Waals surface area contributed by atoms with Gasteiger partial charge in [0.2, 0.25) is 5.95 Å². The average Bonchev–Trinajstić information content (AvgIpc) is 2.73. The third-order valence-corrected chi connectivity index (χ3v) is 2.99. The molecule has 9 heteroatoms. The zero-order chi connectivity index (χ0) is 15.9. The molecule has 114 valence electrons. The van der Waals surface area contributed by atoms with E-state index in [1.807, 2.05) is 0 Å². The lowest BCUT2D eigenvalue weighted by Crippen LogP contribution is -2.10. The van der Waals surface area contributed by atoms with E-state index in [4.69, 9.17) is 4.42 Å². The van der Waals surface area contributed by atoms with Gasteiger partial charge in [0.05, 0.1) is 5.52 Å². The summed E-state index contributed by atoms with van der Waals surface area (Å²) in [7, 11) is 1.55. The number of anilines is 2. The van der Waals surface area contributed by atoms with E-state index in [0.717, 1.165) is 12.3 Å². The van der Waals surface area contributed by atoms with Crippen molar-refractivity contribution in [3.8, 4) is 0 Å². The first-order valence-corrected chi connectivity index (χ1v) is 6.11. The Bertz CT molecular complexity index is 898. The van der Waals surface area contributed by atoms with Crippen LogP contribution in [0.3, 0.4) is 0 Å². The maximum absolute atomic E-state index is 12.6. The highest BCUT2D eigenvalue weighted by Gasteiger charge is 2.32. The lowest BCUT2D eigenvalue weighted by molar-refractivity contribution is -0.141. The minimum absolute atomic E-state index is 0.201. The van der Waals surface area contributed by atoms with E-state index >= 15 is 0 Å². The van der Waals surface area contributed by atoms with Gasteiger partial charge in [-0.25, -0.2) is 14.8 Å². The molecule has 0 radical (unpaired) electrons. The molecular formula is C13H9F3N4O2. The SMILES string of the molecule is Cn1c(=O)oc2cc(Nc3nccc(C(F)(F)F)n3)ccc21. The second-order valence-corrected chi connectivity index (χ2v) is 4.50. The molecule has 0 bridgehead atoms. The van der Waals surface area contributed by atoms with Crippen molar-refractivity contribution < 1.29 is 17.6 Å².